The quantitative estimate of drug-likeness (QED) is 0.731. The molecule has 1 heterocycles. The van der Waals surface area contributed by atoms with E-state index in [2.05, 4.69) is 9.97 Å². The predicted molar refractivity (Wildman–Crippen MR) is 57.2 cm³/mol. The molecular weight excluding hydrogens is 198 g/mol. The molecule has 72 valence electrons. The molecule has 14 heavy (non-hydrogen) atoms. The van der Waals surface area contributed by atoms with E-state index in [0.717, 1.165) is 10.9 Å². The lowest BCUT2D eigenvalue weighted by molar-refractivity contribution is 0.746. The number of aromatic nitrogens is 2. The Labute approximate surface area is 86.9 Å². The zero-order valence-corrected chi connectivity index (χ0v) is 8.49. The van der Waals surface area contributed by atoms with E-state index < -0.39 is 0 Å². The molecule has 3 nitrogen and oxygen atoms in total. The number of para-hydroxylation sites is 1. The van der Waals surface area contributed by atoms with Crippen LogP contribution in [-0.4, -0.2) is 9.97 Å². The summed E-state index contributed by atoms with van der Waals surface area (Å²) >= 11 is 6.00. The lowest BCUT2D eigenvalue weighted by atomic mass is 10.2. The van der Waals surface area contributed by atoms with Crippen molar-refractivity contribution >= 4 is 22.5 Å². The molecule has 2 N–H and O–H groups in total. The summed E-state index contributed by atoms with van der Waals surface area (Å²) in [6.07, 6.45) is 0. The molecule has 2 aromatic rings. The topological polar surface area (TPSA) is 51.8 Å². The van der Waals surface area contributed by atoms with Gasteiger partial charge in [0.25, 0.3) is 0 Å². The van der Waals surface area contributed by atoms with Crippen molar-refractivity contribution in [3.05, 3.63) is 35.2 Å². The van der Waals surface area contributed by atoms with Gasteiger partial charge in [-0.25, -0.2) is 9.97 Å². The van der Waals surface area contributed by atoms with Crippen LogP contribution in [0.15, 0.2) is 24.3 Å². The summed E-state index contributed by atoms with van der Waals surface area (Å²) in [6, 6.07) is 7.41. The van der Waals surface area contributed by atoms with E-state index in [1.165, 1.54) is 0 Å². The van der Waals surface area contributed by atoms with E-state index in [1.54, 1.807) is 0 Å². The smallest absolute Gasteiger partial charge is 0.147 e. The van der Waals surface area contributed by atoms with Crippen molar-refractivity contribution in [2.75, 3.05) is 0 Å². The summed E-state index contributed by atoms with van der Waals surface area (Å²) in [5.41, 5.74) is 6.52. The van der Waals surface area contributed by atoms with Crippen LogP contribution in [0.2, 0.25) is 5.15 Å². The Morgan fingerprint density at radius 1 is 1.29 bits per heavy atom. The third-order valence-electron chi connectivity index (χ3n) is 1.98. The van der Waals surface area contributed by atoms with Crippen LogP contribution in [0.5, 0.6) is 0 Å². The summed E-state index contributed by atoms with van der Waals surface area (Å²) in [5, 5.41) is 1.32. The first-order valence-corrected chi connectivity index (χ1v) is 4.74. The van der Waals surface area contributed by atoms with E-state index in [1.807, 2.05) is 31.2 Å². The number of nitrogens with zero attached hydrogens (tertiary/aromatic N) is 2. The Morgan fingerprint density at radius 3 is 2.71 bits per heavy atom. The van der Waals surface area contributed by atoms with Gasteiger partial charge in [-0.15, -0.1) is 0 Å². The SMILES string of the molecule is CC(N)c1nc(Cl)c2ccccc2n1. The van der Waals surface area contributed by atoms with Crippen LogP contribution in [0.25, 0.3) is 10.9 Å². The molecule has 1 atom stereocenters. The number of halogens is 1. The van der Waals surface area contributed by atoms with E-state index in [9.17, 15) is 0 Å². The molecule has 1 aromatic carbocycles. The molecule has 0 saturated heterocycles. The predicted octanol–water partition coefficient (Wildman–Crippen LogP) is 2.30. The second-order valence-corrected chi connectivity index (χ2v) is 3.54. The number of nitrogens with two attached hydrogens (primary N) is 1. The zero-order chi connectivity index (χ0) is 10.1. The molecule has 2 rings (SSSR count). The molecule has 0 aliphatic heterocycles. The largest absolute Gasteiger partial charge is 0.322 e. The molecule has 0 amide bonds. The van der Waals surface area contributed by atoms with Crippen molar-refractivity contribution in [2.24, 2.45) is 5.73 Å². The molecular formula is C10H10ClN3. The van der Waals surface area contributed by atoms with Gasteiger partial charge >= 0.3 is 0 Å². The van der Waals surface area contributed by atoms with E-state index in [4.69, 9.17) is 17.3 Å². The minimum atomic E-state index is -0.197. The van der Waals surface area contributed by atoms with Crippen molar-refractivity contribution < 1.29 is 0 Å². The fourth-order valence-corrected chi connectivity index (χ4v) is 1.50. The molecule has 0 bridgehead atoms. The molecule has 0 saturated carbocycles. The van der Waals surface area contributed by atoms with E-state index in [0.29, 0.717) is 11.0 Å². The highest BCUT2D eigenvalue weighted by atomic mass is 35.5. The van der Waals surface area contributed by atoms with Gasteiger partial charge in [-0.05, 0) is 19.1 Å². The monoisotopic (exact) mass is 207 g/mol. The number of rotatable bonds is 1. The van der Waals surface area contributed by atoms with Gasteiger partial charge in [0.05, 0.1) is 11.6 Å². The minimum absolute atomic E-state index is 0.197. The van der Waals surface area contributed by atoms with Gasteiger partial charge in [0.2, 0.25) is 0 Å². The van der Waals surface area contributed by atoms with Gasteiger partial charge in [-0.3, -0.25) is 0 Å². The van der Waals surface area contributed by atoms with Crippen LogP contribution in [0.1, 0.15) is 18.8 Å². The molecule has 4 heteroatoms. The first-order chi connectivity index (χ1) is 6.68. The number of hydrogen-bond donors (Lipinski definition) is 1. The molecule has 0 fully saturated rings. The Kier molecular flexibility index (Phi) is 2.35. The Bertz CT molecular complexity index is 468. The van der Waals surface area contributed by atoms with Crippen molar-refractivity contribution in [3.8, 4) is 0 Å². The fourth-order valence-electron chi connectivity index (χ4n) is 1.26. The highest BCUT2D eigenvalue weighted by Gasteiger charge is 2.07. The average molecular weight is 208 g/mol. The lowest BCUT2D eigenvalue weighted by Gasteiger charge is -2.06. The van der Waals surface area contributed by atoms with Gasteiger partial charge in [0.15, 0.2) is 0 Å². The van der Waals surface area contributed by atoms with Crippen LogP contribution < -0.4 is 5.73 Å². The third-order valence-corrected chi connectivity index (χ3v) is 2.27. The van der Waals surface area contributed by atoms with Crippen molar-refractivity contribution in [3.63, 3.8) is 0 Å². The summed E-state index contributed by atoms with van der Waals surface area (Å²) in [4.78, 5) is 8.45. The van der Waals surface area contributed by atoms with Crippen LogP contribution >= 0.6 is 11.6 Å². The lowest BCUT2D eigenvalue weighted by Crippen LogP contribution is -2.10. The second-order valence-electron chi connectivity index (χ2n) is 3.18. The maximum atomic E-state index is 6.00. The summed E-state index contributed by atoms with van der Waals surface area (Å²) in [6.45, 7) is 1.83. The van der Waals surface area contributed by atoms with E-state index in [-0.39, 0.29) is 6.04 Å². The maximum Gasteiger partial charge on any atom is 0.147 e. The summed E-state index contributed by atoms with van der Waals surface area (Å²) in [5.74, 6) is 0.578. The van der Waals surface area contributed by atoms with Crippen molar-refractivity contribution in [1.29, 1.82) is 0 Å². The maximum absolute atomic E-state index is 6.00. The number of benzene rings is 1. The molecule has 0 radical (unpaired) electrons. The third kappa shape index (κ3) is 1.56. The van der Waals surface area contributed by atoms with Gasteiger partial charge in [-0.1, -0.05) is 23.7 Å². The highest BCUT2D eigenvalue weighted by Crippen LogP contribution is 2.21. The summed E-state index contributed by atoms with van der Waals surface area (Å²) < 4.78 is 0. The van der Waals surface area contributed by atoms with Crippen LogP contribution in [0.3, 0.4) is 0 Å². The Morgan fingerprint density at radius 2 is 2.00 bits per heavy atom. The first kappa shape index (κ1) is 9.37. The molecule has 0 aliphatic carbocycles. The Balaban J connectivity index is 2.72. The average Bonchev–Trinajstić information content (AvgIpc) is 2.17. The molecule has 0 spiro atoms. The van der Waals surface area contributed by atoms with Crippen molar-refractivity contribution in [2.45, 2.75) is 13.0 Å². The van der Waals surface area contributed by atoms with Gasteiger partial charge < -0.3 is 5.73 Å². The Hall–Kier alpha value is -1.19. The normalized spacial score (nSPS) is 13.1. The highest BCUT2D eigenvalue weighted by molar-refractivity contribution is 6.34. The van der Waals surface area contributed by atoms with Gasteiger partial charge in [-0.2, -0.15) is 0 Å². The standard InChI is InChI=1S/C10H10ClN3/c1-6(12)10-13-8-5-3-2-4-7(8)9(11)14-10/h2-6H,12H2,1H3. The zero-order valence-electron chi connectivity index (χ0n) is 7.74. The van der Waals surface area contributed by atoms with Crippen LogP contribution in [-0.2, 0) is 0 Å². The molecule has 1 unspecified atom stereocenters. The molecule has 1 aromatic heterocycles. The van der Waals surface area contributed by atoms with Crippen LogP contribution in [0.4, 0.5) is 0 Å². The van der Waals surface area contributed by atoms with Gasteiger partial charge in [0.1, 0.15) is 11.0 Å². The minimum Gasteiger partial charge on any atom is -0.322 e. The number of hydrogen-bond acceptors (Lipinski definition) is 3. The van der Waals surface area contributed by atoms with Crippen molar-refractivity contribution in [1.82, 2.24) is 9.97 Å². The fraction of sp³-hybridized carbons (Fsp3) is 0.200. The summed E-state index contributed by atoms with van der Waals surface area (Å²) in [7, 11) is 0. The van der Waals surface area contributed by atoms with E-state index >= 15 is 0 Å². The second kappa shape index (κ2) is 3.52. The van der Waals surface area contributed by atoms with Gasteiger partial charge in [0, 0.05) is 5.39 Å². The van der Waals surface area contributed by atoms with Crippen LogP contribution in [0, 0.1) is 0 Å². The first-order valence-electron chi connectivity index (χ1n) is 4.36. The molecule has 0 aliphatic rings. The number of fused-ring (bicyclic) bond motifs is 1.